The number of nitrogens with zero attached hydrogens (tertiary/aromatic N) is 5. The largest absolute Gasteiger partial charge is 0.377 e. The third-order valence-electron chi connectivity index (χ3n) is 3.51. The van der Waals surface area contributed by atoms with Crippen LogP contribution in [0.15, 0.2) is 36.9 Å². The average molecular weight is 300 g/mol. The van der Waals surface area contributed by atoms with E-state index in [4.69, 9.17) is 0 Å². The third-order valence-corrected chi connectivity index (χ3v) is 3.51. The molecule has 1 aromatic carbocycles. The SMILES string of the molecule is CC(Nc1nccn2cnnc12)c1cc(F)ccc1N(C)C. The monoisotopic (exact) mass is 300 g/mol. The second kappa shape index (κ2) is 5.59. The molecule has 0 bridgehead atoms. The van der Waals surface area contributed by atoms with Crippen molar-refractivity contribution in [1.82, 2.24) is 19.6 Å². The second-order valence-corrected chi connectivity index (χ2v) is 5.30. The van der Waals surface area contributed by atoms with Gasteiger partial charge in [-0.2, -0.15) is 0 Å². The molecule has 1 atom stereocenters. The zero-order chi connectivity index (χ0) is 15.7. The summed E-state index contributed by atoms with van der Waals surface area (Å²) in [7, 11) is 3.86. The molecule has 0 spiro atoms. The first-order valence-corrected chi connectivity index (χ1v) is 6.94. The highest BCUT2D eigenvalue weighted by Gasteiger charge is 2.15. The van der Waals surface area contributed by atoms with Gasteiger partial charge in [-0.05, 0) is 25.1 Å². The topological polar surface area (TPSA) is 58.4 Å². The number of hydrogen-bond donors (Lipinski definition) is 1. The van der Waals surface area contributed by atoms with Crippen molar-refractivity contribution < 1.29 is 4.39 Å². The summed E-state index contributed by atoms with van der Waals surface area (Å²) < 4.78 is 15.4. The van der Waals surface area contributed by atoms with Crippen LogP contribution in [0.5, 0.6) is 0 Å². The zero-order valence-electron chi connectivity index (χ0n) is 12.7. The van der Waals surface area contributed by atoms with Gasteiger partial charge in [-0.15, -0.1) is 10.2 Å². The number of hydrogen-bond acceptors (Lipinski definition) is 5. The maximum atomic E-state index is 13.6. The van der Waals surface area contributed by atoms with E-state index in [9.17, 15) is 4.39 Å². The molecule has 2 heterocycles. The van der Waals surface area contributed by atoms with E-state index in [1.54, 1.807) is 29.2 Å². The van der Waals surface area contributed by atoms with Gasteiger partial charge < -0.3 is 10.2 Å². The number of benzene rings is 1. The molecule has 1 N–H and O–H groups in total. The summed E-state index contributed by atoms with van der Waals surface area (Å²) in [6.07, 6.45) is 5.06. The van der Waals surface area contributed by atoms with Crippen molar-refractivity contribution in [2.75, 3.05) is 24.3 Å². The Labute approximate surface area is 127 Å². The highest BCUT2D eigenvalue weighted by Crippen LogP contribution is 2.28. The molecule has 0 radical (unpaired) electrons. The van der Waals surface area contributed by atoms with Crippen LogP contribution >= 0.6 is 0 Å². The Morgan fingerprint density at radius 1 is 1.32 bits per heavy atom. The van der Waals surface area contributed by atoms with Gasteiger partial charge in [0.05, 0.1) is 6.04 Å². The van der Waals surface area contributed by atoms with Gasteiger partial charge in [0.1, 0.15) is 12.1 Å². The van der Waals surface area contributed by atoms with Gasteiger partial charge in [0.2, 0.25) is 5.65 Å². The smallest absolute Gasteiger partial charge is 0.203 e. The summed E-state index contributed by atoms with van der Waals surface area (Å²) in [4.78, 5) is 6.26. The summed E-state index contributed by atoms with van der Waals surface area (Å²) in [5, 5.41) is 11.2. The van der Waals surface area contributed by atoms with Crippen LogP contribution in [0.3, 0.4) is 0 Å². The molecule has 0 saturated heterocycles. The number of fused-ring (bicyclic) bond motifs is 1. The minimum atomic E-state index is -0.261. The molecule has 7 heteroatoms. The quantitative estimate of drug-likeness (QED) is 0.802. The molecule has 22 heavy (non-hydrogen) atoms. The van der Waals surface area contributed by atoms with Crippen LogP contribution < -0.4 is 10.2 Å². The molecule has 6 nitrogen and oxygen atoms in total. The van der Waals surface area contributed by atoms with Crippen LogP contribution in [0.4, 0.5) is 15.9 Å². The van der Waals surface area contributed by atoms with Crippen LogP contribution in [0.1, 0.15) is 18.5 Å². The normalized spacial score (nSPS) is 12.4. The van der Waals surface area contributed by atoms with Crippen LogP contribution in [-0.4, -0.2) is 33.7 Å². The van der Waals surface area contributed by atoms with Gasteiger partial charge in [0.15, 0.2) is 5.82 Å². The van der Waals surface area contributed by atoms with E-state index in [1.807, 2.05) is 25.9 Å². The van der Waals surface area contributed by atoms with Crippen molar-refractivity contribution in [3.8, 4) is 0 Å². The van der Waals surface area contributed by atoms with Crippen LogP contribution in [-0.2, 0) is 0 Å². The fraction of sp³-hybridized carbons (Fsp3) is 0.267. The molecular weight excluding hydrogens is 283 g/mol. The molecular formula is C15H17FN6. The Morgan fingerprint density at radius 2 is 2.14 bits per heavy atom. The minimum Gasteiger partial charge on any atom is -0.377 e. The van der Waals surface area contributed by atoms with Crippen molar-refractivity contribution in [2.45, 2.75) is 13.0 Å². The highest BCUT2D eigenvalue weighted by molar-refractivity contribution is 5.64. The molecule has 1 unspecified atom stereocenters. The van der Waals surface area contributed by atoms with Gasteiger partial charge in [0, 0.05) is 37.7 Å². The number of rotatable bonds is 4. The molecule has 0 aliphatic rings. The summed E-state index contributed by atoms with van der Waals surface area (Å²) in [5.74, 6) is 0.351. The first-order valence-electron chi connectivity index (χ1n) is 6.94. The number of nitrogens with one attached hydrogen (secondary N) is 1. The molecule has 3 rings (SSSR count). The van der Waals surface area contributed by atoms with E-state index in [0.29, 0.717) is 11.5 Å². The minimum absolute atomic E-state index is 0.136. The van der Waals surface area contributed by atoms with Gasteiger partial charge >= 0.3 is 0 Å². The van der Waals surface area contributed by atoms with E-state index in [2.05, 4.69) is 20.5 Å². The molecule has 0 saturated carbocycles. The van der Waals surface area contributed by atoms with Crippen molar-refractivity contribution in [3.63, 3.8) is 0 Å². The molecule has 0 amide bonds. The van der Waals surface area contributed by atoms with Crippen molar-refractivity contribution in [3.05, 3.63) is 48.3 Å². The summed E-state index contributed by atoms with van der Waals surface area (Å²) >= 11 is 0. The Hall–Kier alpha value is -2.70. The predicted octanol–water partition coefficient (Wildman–Crippen LogP) is 2.50. The summed E-state index contributed by atoms with van der Waals surface area (Å²) in [5.41, 5.74) is 2.44. The molecule has 3 aromatic rings. The van der Waals surface area contributed by atoms with Gasteiger partial charge in [-0.1, -0.05) is 0 Å². The lowest BCUT2D eigenvalue weighted by Gasteiger charge is -2.23. The predicted molar refractivity (Wildman–Crippen MR) is 83.5 cm³/mol. The standard InChI is InChI=1S/C15H17FN6/c1-10(12-8-11(16)4-5-13(12)21(2)3)19-14-15-20-18-9-22(15)7-6-17-14/h4-10H,1-3H3,(H,17,19). The number of aromatic nitrogens is 4. The summed E-state index contributed by atoms with van der Waals surface area (Å²) in [6, 6.07) is 4.64. The lowest BCUT2D eigenvalue weighted by Crippen LogP contribution is -2.16. The molecule has 0 fully saturated rings. The number of halogens is 1. The average Bonchev–Trinajstić information content (AvgIpc) is 2.96. The molecule has 0 aliphatic heterocycles. The molecule has 2 aromatic heterocycles. The third kappa shape index (κ3) is 2.57. The first-order chi connectivity index (χ1) is 10.6. The zero-order valence-corrected chi connectivity index (χ0v) is 12.7. The molecule has 114 valence electrons. The van der Waals surface area contributed by atoms with Gasteiger partial charge in [0.25, 0.3) is 0 Å². The van der Waals surface area contributed by atoms with Gasteiger partial charge in [-0.3, -0.25) is 4.40 Å². The van der Waals surface area contributed by atoms with E-state index in [1.165, 1.54) is 12.1 Å². The van der Waals surface area contributed by atoms with Crippen molar-refractivity contribution in [2.24, 2.45) is 0 Å². The Bertz CT molecular complexity index is 798. The van der Waals surface area contributed by atoms with E-state index in [0.717, 1.165) is 11.3 Å². The van der Waals surface area contributed by atoms with Crippen LogP contribution in [0, 0.1) is 5.82 Å². The maximum absolute atomic E-state index is 13.6. The second-order valence-electron chi connectivity index (χ2n) is 5.30. The highest BCUT2D eigenvalue weighted by atomic mass is 19.1. The lowest BCUT2D eigenvalue weighted by atomic mass is 10.1. The van der Waals surface area contributed by atoms with Crippen molar-refractivity contribution in [1.29, 1.82) is 0 Å². The van der Waals surface area contributed by atoms with E-state index in [-0.39, 0.29) is 11.9 Å². The van der Waals surface area contributed by atoms with Crippen LogP contribution in [0.25, 0.3) is 5.65 Å². The first kappa shape index (κ1) is 14.2. The lowest BCUT2D eigenvalue weighted by molar-refractivity contribution is 0.623. The van der Waals surface area contributed by atoms with Crippen molar-refractivity contribution >= 4 is 17.2 Å². The maximum Gasteiger partial charge on any atom is 0.203 e. The Morgan fingerprint density at radius 3 is 2.91 bits per heavy atom. The fourth-order valence-corrected chi connectivity index (χ4v) is 2.42. The Kier molecular flexibility index (Phi) is 3.62. The van der Waals surface area contributed by atoms with E-state index >= 15 is 0 Å². The number of anilines is 2. The Balaban J connectivity index is 1.96. The van der Waals surface area contributed by atoms with Crippen LogP contribution in [0.2, 0.25) is 0 Å². The fourth-order valence-electron chi connectivity index (χ4n) is 2.42. The van der Waals surface area contributed by atoms with E-state index < -0.39 is 0 Å². The summed E-state index contributed by atoms with van der Waals surface area (Å²) in [6.45, 7) is 1.96. The van der Waals surface area contributed by atoms with Gasteiger partial charge in [-0.25, -0.2) is 9.37 Å². The molecule has 0 aliphatic carbocycles.